The second-order valence-corrected chi connectivity index (χ2v) is 9.86. The summed E-state index contributed by atoms with van der Waals surface area (Å²) in [5.41, 5.74) is 2.88. The molecule has 1 N–H and O–H groups in total. The quantitative estimate of drug-likeness (QED) is 0.598. The molecule has 0 fully saturated rings. The van der Waals surface area contributed by atoms with E-state index in [-0.39, 0.29) is 11.8 Å². The fourth-order valence-corrected chi connectivity index (χ4v) is 3.70. The molecule has 0 spiro atoms. The molecule has 4 heteroatoms. The van der Waals surface area contributed by atoms with Crippen molar-refractivity contribution < 1.29 is 9.00 Å². The molecule has 2 aromatic carbocycles. The molecule has 2 aromatic rings. The lowest BCUT2D eigenvalue weighted by Gasteiger charge is -2.26. The number of ketones is 1. The van der Waals surface area contributed by atoms with E-state index in [2.05, 4.69) is 16.9 Å². The second-order valence-electron chi connectivity index (χ2n) is 7.86. The highest BCUT2D eigenvalue weighted by Crippen LogP contribution is 2.20. The summed E-state index contributed by atoms with van der Waals surface area (Å²) in [5, 5.41) is 0. The normalized spacial score (nSPS) is 14.5. The average molecular weight is 398 g/mol. The van der Waals surface area contributed by atoms with Gasteiger partial charge >= 0.3 is 0 Å². The molecular formula is C24H31NO2S. The highest BCUT2D eigenvalue weighted by atomic mass is 32.2. The van der Waals surface area contributed by atoms with Gasteiger partial charge in [-0.1, -0.05) is 67.6 Å². The second kappa shape index (κ2) is 10.5. The van der Waals surface area contributed by atoms with Crippen LogP contribution in [0.15, 0.2) is 66.2 Å². The minimum atomic E-state index is -1.27. The maximum absolute atomic E-state index is 12.8. The van der Waals surface area contributed by atoms with Gasteiger partial charge in [0.05, 0.1) is 15.7 Å². The number of rotatable bonds is 9. The van der Waals surface area contributed by atoms with Crippen molar-refractivity contribution in [3.05, 3.63) is 77.4 Å². The van der Waals surface area contributed by atoms with Crippen LogP contribution in [0.5, 0.6) is 0 Å². The highest BCUT2D eigenvalue weighted by Gasteiger charge is 2.27. The number of nitrogens with one attached hydrogen (secondary N) is 1. The molecule has 2 atom stereocenters. The zero-order chi connectivity index (χ0) is 20.6. The molecule has 28 heavy (non-hydrogen) atoms. The molecule has 0 amide bonds. The summed E-state index contributed by atoms with van der Waals surface area (Å²) < 4.78 is 15.7. The van der Waals surface area contributed by atoms with Crippen molar-refractivity contribution in [1.29, 1.82) is 0 Å². The summed E-state index contributed by atoms with van der Waals surface area (Å²) in [6.45, 7) is 7.68. The Morgan fingerprint density at radius 2 is 1.61 bits per heavy atom. The van der Waals surface area contributed by atoms with Crippen molar-refractivity contribution >= 4 is 22.8 Å². The molecule has 0 bridgehead atoms. The Hall–Kier alpha value is -2.04. The monoisotopic (exact) mass is 397 g/mol. The maximum atomic E-state index is 12.8. The number of hydrogen-bond donors (Lipinski definition) is 1. The predicted octanol–water partition coefficient (Wildman–Crippen LogP) is 5.10. The van der Waals surface area contributed by atoms with Gasteiger partial charge in [-0.05, 0) is 50.8 Å². The van der Waals surface area contributed by atoms with Crippen LogP contribution in [0, 0.1) is 0 Å². The van der Waals surface area contributed by atoms with Crippen molar-refractivity contribution in [1.82, 2.24) is 4.72 Å². The first-order valence-corrected chi connectivity index (χ1v) is 11.0. The lowest BCUT2D eigenvalue weighted by atomic mass is 9.94. The van der Waals surface area contributed by atoms with Crippen LogP contribution in [-0.2, 0) is 22.2 Å². The summed E-state index contributed by atoms with van der Waals surface area (Å²) in [6, 6.07) is 19.8. The van der Waals surface area contributed by atoms with Crippen LogP contribution in [0.1, 0.15) is 51.7 Å². The van der Waals surface area contributed by atoms with Gasteiger partial charge in [0.25, 0.3) is 0 Å². The zero-order valence-electron chi connectivity index (χ0n) is 17.3. The predicted molar refractivity (Wildman–Crippen MR) is 119 cm³/mol. The van der Waals surface area contributed by atoms with Crippen molar-refractivity contribution in [2.75, 3.05) is 0 Å². The number of benzene rings is 2. The Labute approximate surface area is 171 Å². The van der Waals surface area contributed by atoms with E-state index in [0.717, 1.165) is 12.0 Å². The number of carbonyl (C=O) groups excluding carboxylic acids is 1. The van der Waals surface area contributed by atoms with Gasteiger partial charge in [-0.2, -0.15) is 0 Å². The Balaban J connectivity index is 2.35. The third kappa shape index (κ3) is 6.84. The van der Waals surface area contributed by atoms with E-state index in [1.54, 1.807) is 0 Å². The minimum Gasteiger partial charge on any atom is -0.295 e. The van der Waals surface area contributed by atoms with Gasteiger partial charge in [0.15, 0.2) is 5.78 Å². The number of aryl methyl sites for hydroxylation is 1. The molecule has 0 radical (unpaired) electrons. The average Bonchev–Trinajstić information content (AvgIpc) is 2.69. The molecule has 3 nitrogen and oxygen atoms in total. The Morgan fingerprint density at radius 1 is 1.04 bits per heavy atom. The van der Waals surface area contributed by atoms with E-state index in [4.69, 9.17) is 0 Å². The Morgan fingerprint density at radius 3 is 2.14 bits per heavy atom. The minimum absolute atomic E-state index is 0.0836. The summed E-state index contributed by atoms with van der Waals surface area (Å²) in [7, 11) is -1.27. The van der Waals surface area contributed by atoms with Gasteiger partial charge in [0.2, 0.25) is 0 Å². The van der Waals surface area contributed by atoms with E-state index in [1.165, 1.54) is 5.56 Å². The molecule has 0 aliphatic carbocycles. The first-order chi connectivity index (χ1) is 13.3. The lowest BCUT2D eigenvalue weighted by Crippen LogP contribution is -2.42. The van der Waals surface area contributed by atoms with E-state index in [9.17, 15) is 9.00 Å². The first kappa shape index (κ1) is 22.3. The fourth-order valence-electron chi connectivity index (χ4n) is 2.85. The molecule has 0 heterocycles. The van der Waals surface area contributed by atoms with E-state index < -0.39 is 15.7 Å². The van der Waals surface area contributed by atoms with Crippen LogP contribution < -0.4 is 4.72 Å². The topological polar surface area (TPSA) is 46.2 Å². The third-order valence-corrected chi connectivity index (χ3v) is 6.12. The largest absolute Gasteiger partial charge is 0.295 e. The first-order valence-electron chi connectivity index (χ1n) is 9.83. The Kier molecular flexibility index (Phi) is 8.34. The summed E-state index contributed by atoms with van der Waals surface area (Å²) >= 11 is 0. The van der Waals surface area contributed by atoms with Crippen LogP contribution >= 0.6 is 0 Å². The van der Waals surface area contributed by atoms with Crippen LogP contribution in [0.3, 0.4) is 0 Å². The van der Waals surface area contributed by atoms with Crippen LogP contribution in [0.4, 0.5) is 0 Å². The molecule has 0 saturated heterocycles. The summed E-state index contributed by atoms with van der Waals surface area (Å²) in [6.07, 6.45) is 3.87. The molecule has 2 rings (SSSR count). The van der Waals surface area contributed by atoms with Gasteiger partial charge in [-0.15, -0.1) is 0 Å². The highest BCUT2D eigenvalue weighted by molar-refractivity contribution is 7.84. The van der Waals surface area contributed by atoms with Gasteiger partial charge in [-0.3, -0.25) is 4.79 Å². The van der Waals surface area contributed by atoms with Gasteiger partial charge in [0, 0.05) is 18.0 Å². The van der Waals surface area contributed by atoms with Gasteiger partial charge in [-0.25, -0.2) is 8.93 Å². The Bertz CT molecular complexity index is 808. The number of Topliss-reactive ketones (excluding diaryl/α,β-unsaturated/α-hetero) is 1. The van der Waals surface area contributed by atoms with E-state index >= 15 is 0 Å². The number of carbonyl (C=O) groups is 1. The standard InChI is InChI=1S/C24H31NO2S/c1-5-23(26)21(18-20-14-10-7-11-15-20)22(25-28(27)24(2,3)4)17-16-19-12-8-6-9-13-19/h6-15,18,22,25H,5,16-17H2,1-4H3/b21-18-/t22-,28?/m0/s1. The van der Waals surface area contributed by atoms with Crippen LogP contribution in [-0.4, -0.2) is 20.8 Å². The van der Waals surface area contributed by atoms with Crippen LogP contribution in [0.2, 0.25) is 0 Å². The van der Waals surface area contributed by atoms with Gasteiger partial charge < -0.3 is 0 Å². The molecule has 0 aliphatic rings. The zero-order valence-corrected chi connectivity index (χ0v) is 18.1. The molecule has 0 aromatic heterocycles. The van der Waals surface area contributed by atoms with Crippen molar-refractivity contribution in [3.63, 3.8) is 0 Å². The SMILES string of the molecule is CCC(=O)/C(=C\c1ccccc1)[C@H](CCc1ccccc1)NS(=O)C(C)(C)C. The fraction of sp³-hybridized carbons (Fsp3) is 0.375. The molecule has 1 unspecified atom stereocenters. The van der Waals surface area contributed by atoms with Crippen molar-refractivity contribution in [3.8, 4) is 0 Å². The lowest BCUT2D eigenvalue weighted by molar-refractivity contribution is -0.115. The molecule has 0 aliphatic heterocycles. The van der Waals surface area contributed by atoms with E-state index in [1.807, 2.05) is 82.3 Å². The van der Waals surface area contributed by atoms with Crippen molar-refractivity contribution in [2.45, 2.75) is 57.7 Å². The molecular weight excluding hydrogens is 366 g/mol. The van der Waals surface area contributed by atoms with E-state index in [0.29, 0.717) is 18.4 Å². The van der Waals surface area contributed by atoms with Gasteiger partial charge in [0.1, 0.15) is 0 Å². The third-order valence-electron chi connectivity index (χ3n) is 4.51. The summed E-state index contributed by atoms with van der Waals surface area (Å²) in [4.78, 5) is 12.8. The smallest absolute Gasteiger partial charge is 0.160 e. The number of hydrogen-bond acceptors (Lipinski definition) is 2. The summed E-state index contributed by atoms with van der Waals surface area (Å²) in [5.74, 6) is 0.0836. The van der Waals surface area contributed by atoms with Crippen molar-refractivity contribution in [2.24, 2.45) is 0 Å². The molecule has 150 valence electrons. The van der Waals surface area contributed by atoms with Crippen LogP contribution in [0.25, 0.3) is 6.08 Å². The molecule has 0 saturated carbocycles. The maximum Gasteiger partial charge on any atom is 0.160 e.